The number of hydrogen-bond donors (Lipinski definition) is 0. The van der Waals surface area contributed by atoms with E-state index in [0.717, 1.165) is 0 Å². The quantitative estimate of drug-likeness (QED) is 0.641. The summed E-state index contributed by atoms with van der Waals surface area (Å²) < 4.78 is 23.0. The Kier molecular flexibility index (Phi) is 4.47. The summed E-state index contributed by atoms with van der Waals surface area (Å²) >= 11 is 5.87. The van der Waals surface area contributed by atoms with Crippen LogP contribution >= 0.6 is 11.6 Å². The molecule has 0 bridgehead atoms. The van der Waals surface area contributed by atoms with Gasteiger partial charge in [0, 0.05) is 0 Å². The second-order valence-electron chi connectivity index (χ2n) is 3.61. The van der Waals surface area contributed by atoms with Crippen molar-refractivity contribution in [3.05, 3.63) is 41.4 Å². The smallest absolute Gasteiger partial charge is 0.434 e. The highest BCUT2D eigenvalue weighted by Gasteiger charge is 2.14. The molecule has 0 N–H and O–H groups in total. The van der Waals surface area contributed by atoms with Crippen LogP contribution in [0.1, 0.15) is 6.92 Å². The third-order valence-electron chi connectivity index (χ3n) is 2.28. The Morgan fingerprint density at radius 2 is 2.15 bits per heavy atom. The second-order valence-corrected chi connectivity index (χ2v) is 3.97. The Bertz CT molecular complexity index is 637. The fraction of sp³-hybridized carbons (Fsp3) is 0.154. The van der Waals surface area contributed by atoms with Crippen molar-refractivity contribution >= 4 is 17.8 Å². The molecule has 0 aliphatic rings. The van der Waals surface area contributed by atoms with Gasteiger partial charge in [-0.25, -0.2) is 19.2 Å². The molecule has 0 spiro atoms. The lowest BCUT2D eigenvalue weighted by Gasteiger charge is -2.06. The Morgan fingerprint density at radius 1 is 1.40 bits per heavy atom. The number of nitrogens with zero attached hydrogens (tertiary/aromatic N) is 2. The number of hydrogen-bond acceptors (Lipinski definition) is 5. The van der Waals surface area contributed by atoms with E-state index in [0.29, 0.717) is 0 Å². The minimum atomic E-state index is -0.906. The highest BCUT2D eigenvalue weighted by Crippen LogP contribution is 2.26. The summed E-state index contributed by atoms with van der Waals surface area (Å²) in [5, 5.41) is -0.105. The van der Waals surface area contributed by atoms with Crippen LogP contribution in [0.3, 0.4) is 0 Å². The molecule has 20 heavy (non-hydrogen) atoms. The molecule has 7 heteroatoms. The Labute approximate surface area is 119 Å². The summed E-state index contributed by atoms with van der Waals surface area (Å²) in [5.74, 6) is -0.419. The van der Waals surface area contributed by atoms with Crippen molar-refractivity contribution in [1.82, 2.24) is 9.97 Å². The topological polar surface area (TPSA) is 61.3 Å². The van der Waals surface area contributed by atoms with Crippen LogP contribution in [0.4, 0.5) is 9.18 Å². The van der Waals surface area contributed by atoms with Crippen LogP contribution in [0.2, 0.25) is 5.15 Å². The van der Waals surface area contributed by atoms with Gasteiger partial charge in [-0.05, 0) is 19.1 Å². The van der Waals surface area contributed by atoms with Crippen LogP contribution in [0, 0.1) is 5.82 Å². The van der Waals surface area contributed by atoms with Crippen LogP contribution in [-0.2, 0) is 4.74 Å². The first-order chi connectivity index (χ1) is 9.61. The van der Waals surface area contributed by atoms with Gasteiger partial charge in [-0.15, -0.1) is 0 Å². The fourth-order valence-corrected chi connectivity index (χ4v) is 1.60. The lowest BCUT2D eigenvalue weighted by atomic mass is 10.2. The number of carbonyl (C=O) groups excluding carboxylic acids is 1. The van der Waals surface area contributed by atoms with Gasteiger partial charge in [0.25, 0.3) is 0 Å². The van der Waals surface area contributed by atoms with Gasteiger partial charge in [-0.2, -0.15) is 0 Å². The van der Waals surface area contributed by atoms with Crippen molar-refractivity contribution in [1.29, 1.82) is 0 Å². The molecular formula is C13H10ClFN2O3. The lowest BCUT2D eigenvalue weighted by Crippen LogP contribution is -2.11. The molecule has 1 heterocycles. The molecule has 0 radical (unpaired) electrons. The zero-order chi connectivity index (χ0) is 14.5. The van der Waals surface area contributed by atoms with Crippen LogP contribution in [0.25, 0.3) is 11.4 Å². The van der Waals surface area contributed by atoms with Gasteiger partial charge in [0.2, 0.25) is 0 Å². The summed E-state index contributed by atoms with van der Waals surface area (Å²) in [4.78, 5) is 19.0. The van der Waals surface area contributed by atoms with E-state index in [2.05, 4.69) is 14.7 Å². The Hall–Kier alpha value is -2.21. The van der Waals surface area contributed by atoms with Gasteiger partial charge in [0.05, 0.1) is 18.4 Å². The number of carbonyl (C=O) groups is 1. The maximum atomic E-state index is 13.6. The number of rotatable bonds is 3. The van der Waals surface area contributed by atoms with Crippen molar-refractivity contribution in [2.75, 3.05) is 6.61 Å². The molecule has 104 valence electrons. The average molecular weight is 297 g/mol. The zero-order valence-corrected chi connectivity index (χ0v) is 11.2. The van der Waals surface area contributed by atoms with E-state index in [1.165, 1.54) is 18.3 Å². The summed E-state index contributed by atoms with van der Waals surface area (Å²) in [6, 6.07) is 6.01. The molecule has 2 aromatic rings. The van der Waals surface area contributed by atoms with E-state index in [1.54, 1.807) is 19.1 Å². The number of halogens is 2. The van der Waals surface area contributed by atoms with Gasteiger partial charge in [-0.3, -0.25) is 0 Å². The third kappa shape index (κ3) is 3.21. The maximum Gasteiger partial charge on any atom is 0.513 e. The molecule has 0 amide bonds. The summed E-state index contributed by atoms with van der Waals surface area (Å²) in [7, 11) is 0. The summed E-state index contributed by atoms with van der Waals surface area (Å²) in [6.45, 7) is 1.81. The first-order valence-electron chi connectivity index (χ1n) is 5.74. The van der Waals surface area contributed by atoms with Crippen LogP contribution in [-0.4, -0.2) is 22.7 Å². The van der Waals surface area contributed by atoms with Crippen molar-refractivity contribution in [3.8, 4) is 17.1 Å². The van der Waals surface area contributed by atoms with Crippen molar-refractivity contribution in [2.24, 2.45) is 0 Å². The minimum Gasteiger partial charge on any atom is -0.434 e. The Balaban J connectivity index is 2.26. The van der Waals surface area contributed by atoms with Gasteiger partial charge >= 0.3 is 6.16 Å². The molecule has 0 aliphatic heterocycles. The van der Waals surface area contributed by atoms with Gasteiger partial charge in [0.1, 0.15) is 5.82 Å². The van der Waals surface area contributed by atoms with E-state index in [-0.39, 0.29) is 28.9 Å². The summed E-state index contributed by atoms with van der Waals surface area (Å²) in [5.41, 5.74) is 0.206. The fourth-order valence-electron chi connectivity index (χ4n) is 1.43. The maximum absolute atomic E-state index is 13.6. The van der Waals surface area contributed by atoms with Crippen LogP contribution in [0.5, 0.6) is 5.75 Å². The highest BCUT2D eigenvalue weighted by atomic mass is 35.5. The largest absolute Gasteiger partial charge is 0.513 e. The first-order valence-corrected chi connectivity index (χ1v) is 6.11. The van der Waals surface area contributed by atoms with E-state index < -0.39 is 12.0 Å². The van der Waals surface area contributed by atoms with Crippen molar-refractivity contribution in [2.45, 2.75) is 6.92 Å². The van der Waals surface area contributed by atoms with Crippen LogP contribution in [0.15, 0.2) is 30.5 Å². The summed E-state index contributed by atoms with van der Waals surface area (Å²) in [6.07, 6.45) is 0.283. The van der Waals surface area contributed by atoms with Gasteiger partial charge in [0.15, 0.2) is 16.7 Å². The molecule has 5 nitrogen and oxygen atoms in total. The van der Waals surface area contributed by atoms with Crippen molar-refractivity contribution < 1.29 is 18.7 Å². The van der Waals surface area contributed by atoms with Gasteiger partial charge in [-0.1, -0.05) is 23.7 Å². The van der Waals surface area contributed by atoms with E-state index in [4.69, 9.17) is 16.3 Å². The van der Waals surface area contributed by atoms with Gasteiger partial charge < -0.3 is 9.47 Å². The lowest BCUT2D eigenvalue weighted by molar-refractivity contribution is 0.104. The first kappa shape index (κ1) is 14.2. The van der Waals surface area contributed by atoms with E-state index in [9.17, 15) is 9.18 Å². The normalized spacial score (nSPS) is 10.2. The number of aromatic nitrogens is 2. The molecule has 0 saturated heterocycles. The zero-order valence-electron chi connectivity index (χ0n) is 10.5. The molecule has 0 fully saturated rings. The van der Waals surface area contributed by atoms with E-state index in [1.807, 2.05) is 0 Å². The standard InChI is InChI=1S/C13H10ClFN2O3/c1-2-19-13(18)20-10-7-16-12(17-11(10)14)8-5-3-4-6-9(8)15/h3-7H,2H2,1H3. The predicted molar refractivity (Wildman–Crippen MR) is 70.1 cm³/mol. The third-order valence-corrected chi connectivity index (χ3v) is 2.55. The molecular weight excluding hydrogens is 287 g/mol. The SMILES string of the molecule is CCOC(=O)Oc1cnc(-c2ccccc2F)nc1Cl. The molecule has 2 rings (SSSR count). The van der Waals surface area contributed by atoms with Crippen molar-refractivity contribution in [3.63, 3.8) is 0 Å². The van der Waals surface area contributed by atoms with Crippen LogP contribution < -0.4 is 4.74 Å². The van der Waals surface area contributed by atoms with E-state index >= 15 is 0 Å². The highest BCUT2D eigenvalue weighted by molar-refractivity contribution is 6.31. The molecule has 0 aliphatic carbocycles. The number of ether oxygens (including phenoxy) is 2. The molecule has 1 aromatic carbocycles. The molecule has 1 aromatic heterocycles. The molecule has 0 atom stereocenters. The monoisotopic (exact) mass is 296 g/mol. The second kappa shape index (κ2) is 6.29. The number of benzene rings is 1. The predicted octanol–water partition coefficient (Wildman–Crippen LogP) is 3.47. The molecule has 0 saturated carbocycles. The minimum absolute atomic E-state index is 0.0507. The molecule has 0 unspecified atom stereocenters. The average Bonchev–Trinajstić information content (AvgIpc) is 2.42. The Morgan fingerprint density at radius 3 is 2.80 bits per heavy atom.